The number of ether oxygens (including phenoxy) is 2. The number of hydrogen-bond donors (Lipinski definition) is 4. The number of aliphatic hydroxyl groups excluding tert-OH is 3. The van der Waals surface area contributed by atoms with Crippen LogP contribution >= 0.6 is 0 Å². The van der Waals surface area contributed by atoms with Crippen molar-refractivity contribution in [1.82, 2.24) is 9.55 Å². The van der Waals surface area contributed by atoms with Gasteiger partial charge in [-0.15, -0.1) is 0 Å². The molecule has 1 aliphatic rings. The Morgan fingerprint density at radius 2 is 1.46 bits per heavy atom. The quantitative estimate of drug-likeness (QED) is 0.157. The van der Waals surface area contributed by atoms with Gasteiger partial charge in [0.25, 0.3) is 0 Å². The molecule has 2 heterocycles. The van der Waals surface area contributed by atoms with Crippen molar-refractivity contribution in [1.29, 1.82) is 0 Å². The average molecular weight is 526 g/mol. The predicted octanol–water partition coefficient (Wildman–Crippen LogP) is 3.47. The van der Waals surface area contributed by atoms with Crippen molar-refractivity contribution in [2.24, 2.45) is 0 Å². The van der Waals surface area contributed by atoms with Gasteiger partial charge in [0.05, 0.1) is 13.2 Å². The molecule has 5 N–H and O–H groups in total. The molecule has 0 amide bonds. The first-order valence-corrected chi connectivity index (χ1v) is 14.1. The van der Waals surface area contributed by atoms with Gasteiger partial charge in [-0.3, -0.25) is 4.57 Å². The van der Waals surface area contributed by atoms with E-state index in [1.807, 2.05) is 0 Å². The van der Waals surface area contributed by atoms with Gasteiger partial charge in [0.2, 0.25) is 0 Å². The summed E-state index contributed by atoms with van der Waals surface area (Å²) in [5, 5.41) is 29.4. The van der Waals surface area contributed by atoms with Crippen LogP contribution in [0.5, 0.6) is 0 Å². The standard InChI is InChI=1S/C27H47N3O7/c1-2-3-4-5-6-7-8-9-10-11-12-13-14-15-16-17-36-26(34)20-18-30(27(35)29-24(20)28)25-23(33)22(32)21(19-31)37-25/h18,21-23,25,31-33H,2-17,19H2,1H3,(H2,28,29,35)/t21-,22-,23+,25-/m1/s1. The van der Waals surface area contributed by atoms with Gasteiger partial charge in [-0.05, 0) is 6.42 Å². The molecule has 0 aliphatic carbocycles. The Kier molecular flexibility index (Phi) is 14.8. The first-order valence-electron chi connectivity index (χ1n) is 14.1. The van der Waals surface area contributed by atoms with Gasteiger partial charge in [-0.25, -0.2) is 9.59 Å². The van der Waals surface area contributed by atoms with E-state index in [0.29, 0.717) is 0 Å². The lowest BCUT2D eigenvalue weighted by atomic mass is 10.0. The summed E-state index contributed by atoms with van der Waals surface area (Å²) in [5.41, 5.74) is 4.77. The second-order valence-corrected chi connectivity index (χ2v) is 10.0. The van der Waals surface area contributed by atoms with E-state index in [9.17, 15) is 24.9 Å². The Bertz CT molecular complexity index is 848. The maximum Gasteiger partial charge on any atom is 0.351 e. The topological polar surface area (TPSA) is 157 Å². The molecule has 1 aromatic rings. The van der Waals surface area contributed by atoms with E-state index in [0.717, 1.165) is 30.0 Å². The number of nitrogens with zero attached hydrogens (tertiary/aromatic N) is 2. The molecule has 212 valence electrons. The molecule has 2 rings (SSSR count). The number of rotatable bonds is 19. The molecular weight excluding hydrogens is 478 g/mol. The number of hydrogen-bond acceptors (Lipinski definition) is 9. The Labute approximate surface area is 220 Å². The Hall–Kier alpha value is -2.01. The molecule has 1 fully saturated rings. The molecule has 4 atom stereocenters. The Morgan fingerprint density at radius 1 is 0.946 bits per heavy atom. The van der Waals surface area contributed by atoms with Gasteiger partial charge in [0.1, 0.15) is 29.7 Å². The highest BCUT2D eigenvalue weighted by Gasteiger charge is 2.44. The number of anilines is 1. The minimum Gasteiger partial charge on any atom is -0.462 e. The van der Waals surface area contributed by atoms with Crippen LogP contribution in [0, 0.1) is 0 Å². The number of aromatic nitrogens is 2. The van der Waals surface area contributed by atoms with Crippen molar-refractivity contribution >= 4 is 11.8 Å². The van der Waals surface area contributed by atoms with Gasteiger partial charge < -0.3 is 30.5 Å². The zero-order valence-electron chi connectivity index (χ0n) is 22.4. The highest BCUT2D eigenvalue weighted by atomic mass is 16.6. The molecule has 0 bridgehead atoms. The van der Waals surface area contributed by atoms with Crippen LogP contribution in [0.1, 0.15) is 120 Å². The van der Waals surface area contributed by atoms with Gasteiger partial charge in [-0.1, -0.05) is 96.8 Å². The molecule has 1 aliphatic heterocycles. The fourth-order valence-electron chi connectivity index (χ4n) is 4.65. The molecule has 1 aromatic heterocycles. The lowest BCUT2D eigenvalue weighted by molar-refractivity contribution is -0.0550. The van der Waals surface area contributed by atoms with E-state index in [1.165, 1.54) is 77.0 Å². The lowest BCUT2D eigenvalue weighted by Crippen LogP contribution is -2.36. The molecule has 10 heteroatoms. The maximum atomic E-state index is 12.5. The van der Waals surface area contributed by atoms with Crippen molar-refractivity contribution in [2.45, 2.75) is 128 Å². The van der Waals surface area contributed by atoms with Crippen LogP contribution in [-0.4, -0.2) is 62.4 Å². The van der Waals surface area contributed by atoms with Crippen molar-refractivity contribution in [3.63, 3.8) is 0 Å². The minimum absolute atomic E-state index is 0.127. The molecule has 0 unspecified atom stereocenters. The zero-order chi connectivity index (χ0) is 27.0. The van der Waals surface area contributed by atoms with Crippen LogP contribution in [0.25, 0.3) is 0 Å². The van der Waals surface area contributed by atoms with E-state index < -0.39 is 42.8 Å². The third-order valence-corrected chi connectivity index (χ3v) is 6.97. The third-order valence-electron chi connectivity index (χ3n) is 6.97. The summed E-state index contributed by atoms with van der Waals surface area (Å²) in [6, 6.07) is 0. The highest BCUT2D eigenvalue weighted by Crippen LogP contribution is 2.28. The van der Waals surface area contributed by atoms with E-state index in [1.54, 1.807) is 0 Å². The second kappa shape index (κ2) is 17.5. The van der Waals surface area contributed by atoms with E-state index in [4.69, 9.17) is 15.2 Å². The van der Waals surface area contributed by atoms with Crippen LogP contribution in [0.2, 0.25) is 0 Å². The van der Waals surface area contributed by atoms with Gasteiger partial charge in [0.15, 0.2) is 6.23 Å². The molecular formula is C27H47N3O7. The summed E-state index contributed by atoms with van der Waals surface area (Å²) >= 11 is 0. The first-order chi connectivity index (χ1) is 17.9. The number of esters is 1. The highest BCUT2D eigenvalue weighted by molar-refractivity contribution is 5.93. The number of carbonyl (C=O) groups excluding carboxylic acids is 1. The van der Waals surface area contributed by atoms with Crippen LogP contribution < -0.4 is 11.4 Å². The fourth-order valence-corrected chi connectivity index (χ4v) is 4.65. The smallest absolute Gasteiger partial charge is 0.351 e. The van der Waals surface area contributed by atoms with Gasteiger partial charge >= 0.3 is 11.7 Å². The van der Waals surface area contributed by atoms with Crippen LogP contribution in [0.15, 0.2) is 11.0 Å². The fraction of sp³-hybridized carbons (Fsp3) is 0.815. The number of unbranched alkanes of at least 4 members (excludes halogenated alkanes) is 14. The first kappa shape index (κ1) is 31.2. The molecule has 0 aromatic carbocycles. The molecule has 0 spiro atoms. The summed E-state index contributed by atoms with van der Waals surface area (Å²) in [5.74, 6) is -1.01. The summed E-state index contributed by atoms with van der Waals surface area (Å²) in [6.45, 7) is 1.93. The summed E-state index contributed by atoms with van der Waals surface area (Å²) < 4.78 is 11.5. The van der Waals surface area contributed by atoms with Crippen molar-refractivity contribution < 1.29 is 29.6 Å². The van der Waals surface area contributed by atoms with E-state index in [2.05, 4.69) is 11.9 Å². The molecule has 0 radical (unpaired) electrons. The van der Waals surface area contributed by atoms with Gasteiger partial charge in [-0.2, -0.15) is 4.98 Å². The van der Waals surface area contributed by atoms with Crippen LogP contribution in [0.3, 0.4) is 0 Å². The predicted molar refractivity (Wildman–Crippen MR) is 141 cm³/mol. The van der Waals surface area contributed by atoms with E-state index >= 15 is 0 Å². The van der Waals surface area contributed by atoms with Crippen LogP contribution in [0.4, 0.5) is 5.82 Å². The van der Waals surface area contributed by atoms with E-state index in [-0.39, 0.29) is 18.0 Å². The molecule has 0 saturated carbocycles. The maximum absolute atomic E-state index is 12.5. The normalized spacial score (nSPS) is 21.4. The number of nitrogens with two attached hydrogens (primary N) is 1. The SMILES string of the molecule is CCCCCCCCCCCCCCCCCOC(=O)c1cn([C@@H]2O[C@H](CO)[C@@H](O)[C@@H]2O)c(=O)nc1N. The number of nitrogen functional groups attached to an aromatic ring is 1. The third kappa shape index (κ3) is 10.3. The van der Waals surface area contributed by atoms with Crippen molar-refractivity contribution in [3.8, 4) is 0 Å². The average Bonchev–Trinajstić information content (AvgIpc) is 3.17. The molecule has 37 heavy (non-hydrogen) atoms. The zero-order valence-corrected chi connectivity index (χ0v) is 22.4. The molecule has 10 nitrogen and oxygen atoms in total. The minimum atomic E-state index is -1.48. The van der Waals surface area contributed by atoms with Gasteiger partial charge in [0, 0.05) is 6.20 Å². The van der Waals surface area contributed by atoms with Crippen molar-refractivity contribution in [2.75, 3.05) is 18.9 Å². The Morgan fingerprint density at radius 3 is 1.95 bits per heavy atom. The summed E-state index contributed by atoms with van der Waals surface area (Å²) in [4.78, 5) is 28.4. The number of aliphatic hydroxyl groups is 3. The molecule has 1 saturated heterocycles. The lowest BCUT2D eigenvalue weighted by Gasteiger charge is -2.18. The van der Waals surface area contributed by atoms with Crippen molar-refractivity contribution in [3.05, 3.63) is 22.2 Å². The second-order valence-electron chi connectivity index (χ2n) is 10.0. The number of carbonyl (C=O) groups is 1. The summed E-state index contributed by atoms with van der Waals surface area (Å²) in [6.07, 6.45) is 14.5. The largest absolute Gasteiger partial charge is 0.462 e. The summed E-state index contributed by atoms with van der Waals surface area (Å²) in [7, 11) is 0. The van der Waals surface area contributed by atoms with Crippen LogP contribution in [-0.2, 0) is 9.47 Å². The monoisotopic (exact) mass is 525 g/mol. The Balaban J connectivity index is 1.60.